The Morgan fingerprint density at radius 2 is 1.77 bits per heavy atom. The smallest absolute Gasteiger partial charge is 0.159 e. The van der Waals surface area contributed by atoms with Crippen LogP contribution in [0, 0.1) is 0 Å². The first-order chi connectivity index (χ1) is 12.7. The Morgan fingerprint density at radius 3 is 2.46 bits per heavy atom. The summed E-state index contributed by atoms with van der Waals surface area (Å²) in [6, 6.07) is 19.5. The van der Waals surface area contributed by atoms with E-state index in [9.17, 15) is 4.79 Å². The SMILES string of the molecule is COc1ccc(N2C=CC(=O)C[C@@H]2[C@H]2CN2[C@H](C)c2ccccc2)cc1. The van der Waals surface area contributed by atoms with Gasteiger partial charge in [-0.3, -0.25) is 9.69 Å². The number of nitrogens with zero attached hydrogens (tertiary/aromatic N) is 2. The predicted octanol–water partition coefficient (Wildman–Crippen LogP) is 3.80. The first-order valence-corrected chi connectivity index (χ1v) is 9.11. The first-order valence-electron chi connectivity index (χ1n) is 9.11. The van der Waals surface area contributed by atoms with Gasteiger partial charge in [0.2, 0.25) is 0 Å². The average molecular weight is 348 g/mol. The molecule has 0 saturated carbocycles. The van der Waals surface area contributed by atoms with Gasteiger partial charge in [-0.2, -0.15) is 0 Å². The number of methoxy groups -OCH3 is 1. The minimum absolute atomic E-state index is 0.173. The Labute approximate surface area is 154 Å². The zero-order chi connectivity index (χ0) is 18.1. The molecule has 0 aliphatic carbocycles. The highest BCUT2D eigenvalue weighted by Gasteiger charge is 2.47. The molecule has 2 aliphatic heterocycles. The monoisotopic (exact) mass is 348 g/mol. The summed E-state index contributed by atoms with van der Waals surface area (Å²) < 4.78 is 5.26. The Balaban J connectivity index is 1.54. The van der Waals surface area contributed by atoms with Crippen molar-refractivity contribution >= 4 is 11.5 Å². The molecule has 2 aromatic rings. The van der Waals surface area contributed by atoms with E-state index in [2.05, 4.69) is 53.1 Å². The van der Waals surface area contributed by atoms with Crippen molar-refractivity contribution in [2.24, 2.45) is 0 Å². The van der Waals surface area contributed by atoms with Gasteiger partial charge in [-0.25, -0.2) is 0 Å². The average Bonchev–Trinajstić information content (AvgIpc) is 3.49. The molecule has 2 aliphatic rings. The van der Waals surface area contributed by atoms with E-state index in [-0.39, 0.29) is 11.8 Å². The summed E-state index contributed by atoms with van der Waals surface area (Å²) in [5, 5.41) is 0. The van der Waals surface area contributed by atoms with Gasteiger partial charge in [0, 0.05) is 36.9 Å². The summed E-state index contributed by atoms with van der Waals surface area (Å²) in [5.41, 5.74) is 2.42. The second-order valence-electron chi connectivity index (χ2n) is 7.01. The van der Waals surface area contributed by atoms with E-state index in [0.717, 1.165) is 18.0 Å². The zero-order valence-corrected chi connectivity index (χ0v) is 15.2. The van der Waals surface area contributed by atoms with E-state index < -0.39 is 0 Å². The van der Waals surface area contributed by atoms with Crippen LogP contribution in [0.15, 0.2) is 66.9 Å². The lowest BCUT2D eigenvalue weighted by atomic mass is 10.0. The molecule has 26 heavy (non-hydrogen) atoms. The van der Waals surface area contributed by atoms with Crippen LogP contribution >= 0.6 is 0 Å². The van der Waals surface area contributed by atoms with Gasteiger partial charge >= 0.3 is 0 Å². The molecule has 1 saturated heterocycles. The fourth-order valence-electron chi connectivity index (χ4n) is 3.88. The molecule has 1 fully saturated rings. The Kier molecular flexibility index (Phi) is 4.51. The van der Waals surface area contributed by atoms with Crippen molar-refractivity contribution in [1.82, 2.24) is 4.90 Å². The molecule has 134 valence electrons. The lowest BCUT2D eigenvalue weighted by molar-refractivity contribution is -0.115. The fraction of sp³-hybridized carbons (Fsp3) is 0.318. The number of rotatable bonds is 5. The van der Waals surface area contributed by atoms with Gasteiger partial charge in [0.1, 0.15) is 5.75 Å². The van der Waals surface area contributed by atoms with Crippen LogP contribution in [-0.4, -0.2) is 36.4 Å². The first kappa shape index (κ1) is 16.9. The Bertz CT molecular complexity index is 801. The second-order valence-corrected chi connectivity index (χ2v) is 7.01. The summed E-state index contributed by atoms with van der Waals surface area (Å²) in [7, 11) is 1.67. The number of carbonyl (C=O) groups excluding carboxylic acids is 1. The van der Waals surface area contributed by atoms with Gasteiger partial charge in [-0.15, -0.1) is 0 Å². The van der Waals surface area contributed by atoms with Crippen molar-refractivity contribution in [2.45, 2.75) is 31.5 Å². The van der Waals surface area contributed by atoms with Gasteiger partial charge in [-0.05, 0) is 42.8 Å². The van der Waals surface area contributed by atoms with Gasteiger partial charge in [0.25, 0.3) is 0 Å². The zero-order valence-electron chi connectivity index (χ0n) is 15.2. The maximum Gasteiger partial charge on any atom is 0.159 e. The van der Waals surface area contributed by atoms with Crippen LogP contribution in [-0.2, 0) is 4.79 Å². The number of hydrogen-bond acceptors (Lipinski definition) is 4. The highest BCUT2D eigenvalue weighted by molar-refractivity contribution is 5.92. The predicted molar refractivity (Wildman–Crippen MR) is 103 cm³/mol. The van der Waals surface area contributed by atoms with Gasteiger partial charge < -0.3 is 9.64 Å². The molecule has 0 aromatic heterocycles. The highest BCUT2D eigenvalue weighted by Crippen LogP contribution is 2.38. The lowest BCUT2D eigenvalue weighted by Crippen LogP contribution is -2.41. The third-order valence-electron chi connectivity index (χ3n) is 5.47. The molecule has 0 radical (unpaired) electrons. The Morgan fingerprint density at radius 1 is 1.04 bits per heavy atom. The number of ketones is 1. The number of anilines is 1. The number of hydrogen-bond donors (Lipinski definition) is 0. The number of benzene rings is 2. The largest absolute Gasteiger partial charge is 0.497 e. The molecule has 0 bridgehead atoms. The Hall–Kier alpha value is -2.59. The third kappa shape index (κ3) is 3.25. The molecule has 0 N–H and O–H groups in total. The molecule has 4 nitrogen and oxygen atoms in total. The molecule has 0 amide bonds. The van der Waals surface area contributed by atoms with E-state index in [1.54, 1.807) is 13.2 Å². The van der Waals surface area contributed by atoms with Gasteiger partial charge in [0.05, 0.1) is 13.2 Å². The quantitative estimate of drug-likeness (QED) is 0.770. The van der Waals surface area contributed by atoms with Crippen molar-refractivity contribution in [3.8, 4) is 5.75 Å². The van der Waals surface area contributed by atoms with Gasteiger partial charge in [-0.1, -0.05) is 30.3 Å². The normalized spacial score (nSPS) is 25.8. The summed E-state index contributed by atoms with van der Waals surface area (Å²) >= 11 is 0. The van der Waals surface area contributed by atoms with Crippen LogP contribution in [0.1, 0.15) is 24.9 Å². The van der Waals surface area contributed by atoms with Crippen LogP contribution in [0.3, 0.4) is 0 Å². The maximum absolute atomic E-state index is 12.1. The topological polar surface area (TPSA) is 32.5 Å². The van der Waals surface area contributed by atoms with E-state index in [1.807, 2.05) is 24.4 Å². The van der Waals surface area contributed by atoms with E-state index in [1.165, 1.54) is 5.56 Å². The minimum Gasteiger partial charge on any atom is -0.497 e. The van der Waals surface area contributed by atoms with Crippen molar-refractivity contribution in [1.29, 1.82) is 0 Å². The van der Waals surface area contributed by atoms with Gasteiger partial charge in [0.15, 0.2) is 5.78 Å². The standard InChI is InChI=1S/C22H24N2O2/c1-16(17-6-4-3-5-7-17)24-15-22(24)21-14-19(25)12-13-23(21)18-8-10-20(26-2)11-9-18/h3-13,16,21-22H,14-15H2,1-2H3/t16-,21-,22-,24?/m1/s1. The molecule has 0 spiro atoms. The maximum atomic E-state index is 12.1. The second kappa shape index (κ2) is 6.96. The molecule has 1 unspecified atom stereocenters. The summed E-state index contributed by atoms with van der Waals surface area (Å²) in [6.45, 7) is 3.27. The lowest BCUT2D eigenvalue weighted by Gasteiger charge is -2.33. The van der Waals surface area contributed by atoms with E-state index in [0.29, 0.717) is 18.5 Å². The summed E-state index contributed by atoms with van der Waals surface area (Å²) in [4.78, 5) is 16.8. The van der Waals surface area contributed by atoms with Crippen molar-refractivity contribution in [3.63, 3.8) is 0 Å². The van der Waals surface area contributed by atoms with Crippen LogP contribution in [0.4, 0.5) is 5.69 Å². The number of allylic oxidation sites excluding steroid dienone is 1. The molecule has 2 heterocycles. The molecule has 4 rings (SSSR count). The summed E-state index contributed by atoms with van der Waals surface area (Å²) in [6.07, 6.45) is 4.18. The van der Waals surface area contributed by atoms with Crippen LogP contribution in [0.5, 0.6) is 5.75 Å². The molecule has 4 heteroatoms. The van der Waals surface area contributed by atoms with Crippen LogP contribution in [0.2, 0.25) is 0 Å². The van der Waals surface area contributed by atoms with Crippen LogP contribution in [0.25, 0.3) is 0 Å². The number of carbonyl (C=O) groups is 1. The fourth-order valence-corrected chi connectivity index (χ4v) is 3.88. The molecular weight excluding hydrogens is 324 g/mol. The van der Waals surface area contributed by atoms with Crippen LogP contribution < -0.4 is 9.64 Å². The molecular formula is C22H24N2O2. The minimum atomic E-state index is 0.173. The molecule has 2 aromatic carbocycles. The highest BCUT2D eigenvalue weighted by atomic mass is 16.5. The molecule has 4 atom stereocenters. The van der Waals surface area contributed by atoms with E-state index >= 15 is 0 Å². The number of ether oxygens (including phenoxy) is 1. The summed E-state index contributed by atoms with van der Waals surface area (Å²) in [5.74, 6) is 1.05. The van der Waals surface area contributed by atoms with E-state index in [4.69, 9.17) is 4.74 Å². The third-order valence-corrected chi connectivity index (χ3v) is 5.47. The van der Waals surface area contributed by atoms with Crippen molar-refractivity contribution in [2.75, 3.05) is 18.6 Å². The van der Waals surface area contributed by atoms with Crippen molar-refractivity contribution < 1.29 is 9.53 Å². The van der Waals surface area contributed by atoms with Crippen molar-refractivity contribution in [3.05, 3.63) is 72.4 Å².